The zero-order valence-corrected chi connectivity index (χ0v) is 15.4. The quantitative estimate of drug-likeness (QED) is 0.291. The standard InChI is InChI=1S/C16H15F7INO/c17-14(15(18,19)20,16(21,22)23)10-12(24)8-4-5-9-25-13(26)11-6-2-1-3-7-11/h1-3,6-7,10H,4-5,8-9H2,(H,25,26). The van der Waals surface area contributed by atoms with Gasteiger partial charge in [0, 0.05) is 12.1 Å². The summed E-state index contributed by atoms with van der Waals surface area (Å²) in [6, 6.07) is 8.27. The van der Waals surface area contributed by atoms with E-state index in [1.807, 2.05) is 0 Å². The Morgan fingerprint density at radius 2 is 1.50 bits per heavy atom. The van der Waals surface area contributed by atoms with E-state index in [1.54, 1.807) is 30.3 Å². The minimum atomic E-state index is -6.09. The second kappa shape index (κ2) is 9.05. The van der Waals surface area contributed by atoms with E-state index >= 15 is 0 Å². The van der Waals surface area contributed by atoms with Gasteiger partial charge in [-0.2, -0.15) is 26.3 Å². The molecule has 1 N–H and O–H groups in total. The molecule has 1 aromatic rings. The van der Waals surface area contributed by atoms with Crippen molar-refractivity contribution in [2.75, 3.05) is 6.54 Å². The summed E-state index contributed by atoms with van der Waals surface area (Å²) in [6.07, 6.45) is -12.3. The fraction of sp³-hybridized carbons (Fsp3) is 0.438. The van der Waals surface area contributed by atoms with Gasteiger partial charge >= 0.3 is 18.0 Å². The van der Waals surface area contributed by atoms with Crippen LogP contribution in [0.4, 0.5) is 30.7 Å². The molecular formula is C16H15F7INO. The minimum Gasteiger partial charge on any atom is -0.352 e. The van der Waals surface area contributed by atoms with Gasteiger partial charge in [0.1, 0.15) is 0 Å². The van der Waals surface area contributed by atoms with Crippen LogP contribution in [-0.2, 0) is 0 Å². The molecule has 1 rings (SSSR count). The number of alkyl halides is 7. The first kappa shape index (κ1) is 22.7. The highest BCUT2D eigenvalue weighted by molar-refractivity contribution is 14.1. The third kappa shape index (κ3) is 6.13. The molecule has 0 aliphatic heterocycles. The van der Waals surface area contributed by atoms with Crippen molar-refractivity contribution < 1.29 is 35.5 Å². The molecule has 0 unspecified atom stereocenters. The molecule has 0 aliphatic carbocycles. The molecule has 0 saturated heterocycles. The van der Waals surface area contributed by atoms with Crippen molar-refractivity contribution in [3.8, 4) is 0 Å². The van der Waals surface area contributed by atoms with Crippen LogP contribution in [0.5, 0.6) is 0 Å². The van der Waals surface area contributed by atoms with Crippen molar-refractivity contribution >= 4 is 28.5 Å². The minimum absolute atomic E-state index is 0.167. The lowest BCUT2D eigenvalue weighted by Crippen LogP contribution is -2.51. The molecule has 2 nitrogen and oxygen atoms in total. The molecule has 0 atom stereocenters. The van der Waals surface area contributed by atoms with E-state index in [1.165, 1.54) is 22.6 Å². The van der Waals surface area contributed by atoms with Crippen molar-refractivity contribution in [3.63, 3.8) is 0 Å². The highest BCUT2D eigenvalue weighted by atomic mass is 127. The first-order valence-electron chi connectivity index (χ1n) is 7.41. The molecule has 0 fully saturated rings. The summed E-state index contributed by atoms with van der Waals surface area (Å²) in [7, 11) is 0. The number of allylic oxidation sites excluding steroid dienone is 2. The highest BCUT2D eigenvalue weighted by Gasteiger charge is 2.71. The summed E-state index contributed by atoms with van der Waals surface area (Å²) < 4.78 is 87.9. The Hall–Kier alpha value is -1.33. The van der Waals surface area contributed by atoms with Crippen LogP contribution in [0.1, 0.15) is 29.6 Å². The Morgan fingerprint density at radius 3 is 2.00 bits per heavy atom. The van der Waals surface area contributed by atoms with Crippen molar-refractivity contribution in [2.24, 2.45) is 0 Å². The third-order valence-electron chi connectivity index (χ3n) is 3.34. The van der Waals surface area contributed by atoms with Gasteiger partial charge in [-0.25, -0.2) is 4.39 Å². The molecular weight excluding hydrogens is 482 g/mol. The zero-order valence-electron chi connectivity index (χ0n) is 13.2. The van der Waals surface area contributed by atoms with Gasteiger partial charge in [-0.1, -0.05) is 18.2 Å². The lowest BCUT2D eigenvalue weighted by atomic mass is 10.0. The number of hydrogen-bond donors (Lipinski definition) is 1. The summed E-state index contributed by atoms with van der Waals surface area (Å²) in [6.45, 7) is 0.191. The van der Waals surface area contributed by atoms with Crippen molar-refractivity contribution in [3.05, 3.63) is 45.6 Å². The number of carbonyl (C=O) groups excluding carboxylic acids is 1. The highest BCUT2D eigenvalue weighted by Crippen LogP contribution is 2.48. The third-order valence-corrected chi connectivity index (χ3v) is 4.20. The van der Waals surface area contributed by atoms with Crippen LogP contribution >= 0.6 is 22.6 Å². The SMILES string of the molecule is O=C(NCCCCC(I)=CC(F)(C(F)(F)F)C(F)(F)F)c1ccccc1. The van der Waals surface area contributed by atoms with Crippen LogP contribution in [0.3, 0.4) is 0 Å². The number of amides is 1. The van der Waals surface area contributed by atoms with Gasteiger partial charge in [0.2, 0.25) is 0 Å². The van der Waals surface area contributed by atoms with Crippen LogP contribution in [-0.4, -0.2) is 30.5 Å². The normalized spacial score (nSPS) is 13.6. The first-order chi connectivity index (χ1) is 11.9. The molecule has 10 heteroatoms. The molecule has 0 aliphatic rings. The second-order valence-corrected chi connectivity index (χ2v) is 6.76. The predicted octanol–water partition coefficient (Wildman–Crippen LogP) is 5.74. The molecule has 0 heterocycles. The van der Waals surface area contributed by atoms with E-state index in [4.69, 9.17) is 0 Å². The molecule has 0 bridgehead atoms. The Bertz CT molecular complexity index is 612. The fourth-order valence-corrected chi connectivity index (χ4v) is 2.74. The van der Waals surface area contributed by atoms with Crippen molar-refractivity contribution in [1.29, 1.82) is 0 Å². The second-order valence-electron chi connectivity index (χ2n) is 5.38. The van der Waals surface area contributed by atoms with Crippen LogP contribution in [0.25, 0.3) is 0 Å². The van der Waals surface area contributed by atoms with Gasteiger partial charge in [0.15, 0.2) is 0 Å². The van der Waals surface area contributed by atoms with Crippen LogP contribution in [0, 0.1) is 0 Å². The van der Waals surface area contributed by atoms with Gasteiger partial charge in [0.05, 0.1) is 0 Å². The number of carbonyl (C=O) groups is 1. The molecule has 0 radical (unpaired) electrons. The Labute approximate surface area is 159 Å². The number of unbranched alkanes of at least 4 members (excludes halogenated alkanes) is 1. The summed E-state index contributed by atoms with van der Waals surface area (Å²) in [4.78, 5) is 11.7. The maximum Gasteiger partial charge on any atom is 0.435 e. The number of rotatable bonds is 7. The fourth-order valence-electron chi connectivity index (χ4n) is 1.92. The summed E-state index contributed by atoms with van der Waals surface area (Å²) in [5, 5.41) is 2.57. The topological polar surface area (TPSA) is 29.1 Å². The largest absolute Gasteiger partial charge is 0.435 e. The molecule has 26 heavy (non-hydrogen) atoms. The van der Waals surface area contributed by atoms with E-state index in [0.717, 1.165) is 0 Å². The molecule has 0 aromatic heterocycles. The lowest BCUT2D eigenvalue weighted by molar-refractivity contribution is -0.322. The molecule has 146 valence electrons. The molecule has 0 spiro atoms. The van der Waals surface area contributed by atoms with E-state index in [0.29, 0.717) is 12.0 Å². The average Bonchev–Trinajstić information content (AvgIpc) is 2.53. The van der Waals surface area contributed by atoms with E-state index in [2.05, 4.69) is 5.32 Å². The predicted molar refractivity (Wildman–Crippen MR) is 90.7 cm³/mol. The maximum atomic E-state index is 13.5. The first-order valence-corrected chi connectivity index (χ1v) is 8.49. The zero-order chi connectivity index (χ0) is 20.0. The van der Waals surface area contributed by atoms with Crippen molar-refractivity contribution in [2.45, 2.75) is 37.3 Å². The Kier molecular flexibility index (Phi) is 7.90. The van der Waals surface area contributed by atoms with Crippen LogP contribution < -0.4 is 5.32 Å². The average molecular weight is 497 g/mol. The molecule has 1 aromatic carbocycles. The summed E-state index contributed by atoms with van der Waals surface area (Å²) >= 11 is 1.25. The van der Waals surface area contributed by atoms with E-state index in [9.17, 15) is 35.5 Å². The number of nitrogens with one attached hydrogen (secondary N) is 1. The molecule has 0 saturated carbocycles. The summed E-state index contributed by atoms with van der Waals surface area (Å²) in [5.74, 6) is -0.340. The summed E-state index contributed by atoms with van der Waals surface area (Å²) in [5.41, 5.74) is -4.95. The van der Waals surface area contributed by atoms with Gasteiger partial charge in [-0.15, -0.1) is 0 Å². The van der Waals surface area contributed by atoms with Gasteiger partial charge < -0.3 is 5.32 Å². The van der Waals surface area contributed by atoms with Gasteiger partial charge in [-0.05, 0) is 63.6 Å². The Balaban J connectivity index is 2.51. The van der Waals surface area contributed by atoms with Gasteiger partial charge in [0.25, 0.3) is 5.91 Å². The molecule has 1 amide bonds. The van der Waals surface area contributed by atoms with E-state index in [-0.39, 0.29) is 25.3 Å². The van der Waals surface area contributed by atoms with E-state index < -0.39 is 27.7 Å². The van der Waals surface area contributed by atoms with Crippen molar-refractivity contribution in [1.82, 2.24) is 5.32 Å². The lowest BCUT2D eigenvalue weighted by Gasteiger charge is -2.27. The number of benzene rings is 1. The Morgan fingerprint density at radius 1 is 0.962 bits per heavy atom. The van der Waals surface area contributed by atoms with Crippen LogP contribution in [0.15, 0.2) is 40.0 Å². The monoisotopic (exact) mass is 497 g/mol. The van der Waals surface area contributed by atoms with Crippen LogP contribution in [0.2, 0.25) is 0 Å². The number of halogens is 8. The van der Waals surface area contributed by atoms with Gasteiger partial charge in [-0.3, -0.25) is 4.79 Å². The number of hydrogen-bond acceptors (Lipinski definition) is 1. The smallest absolute Gasteiger partial charge is 0.352 e. The maximum absolute atomic E-state index is 13.5.